The Balaban J connectivity index is 2.75. The highest BCUT2D eigenvalue weighted by Crippen LogP contribution is 2.23. The molecule has 0 aliphatic rings. The van der Waals surface area contributed by atoms with E-state index in [1.807, 2.05) is 30.7 Å². The van der Waals surface area contributed by atoms with Gasteiger partial charge in [-0.25, -0.2) is 0 Å². The first-order valence-electron chi connectivity index (χ1n) is 5.51. The average molecular weight is 236 g/mol. The van der Waals surface area contributed by atoms with Crippen LogP contribution in [0.2, 0.25) is 0 Å². The molecule has 2 aromatic rings. The van der Waals surface area contributed by atoms with Gasteiger partial charge in [0.05, 0.1) is 10.2 Å². The summed E-state index contributed by atoms with van der Waals surface area (Å²) >= 11 is 1.27. The number of rotatable bonds is 2. The Kier molecular flexibility index (Phi) is 2.84. The van der Waals surface area contributed by atoms with Gasteiger partial charge in [-0.2, -0.15) is 0 Å². The minimum atomic E-state index is 0.104. The van der Waals surface area contributed by atoms with Gasteiger partial charge in [-0.3, -0.25) is 14.3 Å². The third kappa shape index (κ3) is 1.78. The lowest BCUT2D eigenvalue weighted by Crippen LogP contribution is -2.14. The highest BCUT2D eigenvalue weighted by atomic mass is 32.1. The minimum absolute atomic E-state index is 0.104. The Morgan fingerprint density at radius 1 is 1.31 bits per heavy atom. The first kappa shape index (κ1) is 11.3. The number of pyridine rings is 1. The molecular formula is C12H16N2OS. The van der Waals surface area contributed by atoms with Gasteiger partial charge in [0.2, 0.25) is 0 Å². The molecule has 2 rings (SSSR count). The monoisotopic (exact) mass is 236 g/mol. The quantitative estimate of drug-likeness (QED) is 0.802. The van der Waals surface area contributed by atoms with Crippen LogP contribution >= 0.6 is 11.3 Å². The smallest absolute Gasteiger partial charge is 0.296 e. The number of aromatic nitrogens is 2. The summed E-state index contributed by atoms with van der Waals surface area (Å²) in [5.41, 5.74) is 2.06. The summed E-state index contributed by atoms with van der Waals surface area (Å²) in [6.45, 7) is 8.28. The van der Waals surface area contributed by atoms with Crippen LogP contribution in [0.3, 0.4) is 0 Å². The molecule has 0 N–H and O–H groups in total. The molecule has 2 aromatic heterocycles. The SMILES string of the molecule is CC(C)c1cc2c(cn1)sc(=O)n2C(C)C. The molecule has 0 unspecified atom stereocenters. The summed E-state index contributed by atoms with van der Waals surface area (Å²) in [5, 5.41) is 0. The van der Waals surface area contributed by atoms with E-state index in [2.05, 4.69) is 18.8 Å². The number of nitrogens with zero attached hydrogens (tertiary/aromatic N) is 2. The number of thiazole rings is 1. The molecule has 0 spiro atoms. The largest absolute Gasteiger partial charge is 0.308 e. The fourth-order valence-corrected chi connectivity index (χ4v) is 2.72. The molecule has 86 valence electrons. The van der Waals surface area contributed by atoms with Crippen LogP contribution in [0.15, 0.2) is 17.1 Å². The van der Waals surface area contributed by atoms with Crippen LogP contribution < -0.4 is 4.87 Å². The number of hydrogen-bond donors (Lipinski definition) is 0. The summed E-state index contributed by atoms with van der Waals surface area (Å²) in [6.07, 6.45) is 1.82. The minimum Gasteiger partial charge on any atom is -0.296 e. The predicted octanol–water partition coefficient (Wildman–Crippen LogP) is 3.16. The molecule has 0 aliphatic heterocycles. The first-order chi connectivity index (χ1) is 7.50. The second-order valence-electron chi connectivity index (χ2n) is 4.56. The molecule has 0 radical (unpaired) electrons. The zero-order valence-corrected chi connectivity index (χ0v) is 10.8. The van der Waals surface area contributed by atoms with E-state index in [0.29, 0.717) is 5.92 Å². The maximum absolute atomic E-state index is 11.8. The van der Waals surface area contributed by atoms with E-state index in [4.69, 9.17) is 0 Å². The summed E-state index contributed by atoms with van der Waals surface area (Å²) < 4.78 is 2.82. The van der Waals surface area contributed by atoms with E-state index in [1.54, 1.807) is 0 Å². The summed E-state index contributed by atoms with van der Waals surface area (Å²) in [4.78, 5) is 16.3. The van der Waals surface area contributed by atoms with Gasteiger partial charge in [0.1, 0.15) is 0 Å². The van der Waals surface area contributed by atoms with Gasteiger partial charge < -0.3 is 0 Å². The van der Waals surface area contributed by atoms with Crippen molar-refractivity contribution >= 4 is 21.6 Å². The van der Waals surface area contributed by atoms with Crippen molar-refractivity contribution < 1.29 is 0 Å². The standard InChI is InChI=1S/C12H16N2OS/c1-7(2)9-5-10-11(6-13-9)16-12(15)14(10)8(3)4/h5-8H,1-4H3. The Morgan fingerprint density at radius 2 is 2.00 bits per heavy atom. The van der Waals surface area contributed by atoms with E-state index >= 15 is 0 Å². The van der Waals surface area contributed by atoms with Gasteiger partial charge >= 0.3 is 4.87 Å². The van der Waals surface area contributed by atoms with Gasteiger partial charge in [-0.05, 0) is 25.8 Å². The van der Waals surface area contributed by atoms with Crippen LogP contribution in [0, 0.1) is 0 Å². The van der Waals surface area contributed by atoms with E-state index in [1.165, 1.54) is 11.3 Å². The molecule has 0 bridgehead atoms. The predicted molar refractivity (Wildman–Crippen MR) is 68.4 cm³/mol. The molecule has 0 atom stereocenters. The molecule has 0 aromatic carbocycles. The van der Waals surface area contributed by atoms with Gasteiger partial charge in [0, 0.05) is 17.9 Å². The first-order valence-corrected chi connectivity index (χ1v) is 6.33. The Bertz CT molecular complexity index is 566. The van der Waals surface area contributed by atoms with E-state index in [9.17, 15) is 4.79 Å². The van der Waals surface area contributed by atoms with E-state index < -0.39 is 0 Å². The van der Waals surface area contributed by atoms with Crippen molar-refractivity contribution in [3.05, 3.63) is 27.6 Å². The normalized spacial score (nSPS) is 11.9. The molecule has 0 saturated heterocycles. The van der Waals surface area contributed by atoms with Crippen LogP contribution in [0.4, 0.5) is 0 Å². The van der Waals surface area contributed by atoms with Crippen molar-refractivity contribution in [2.24, 2.45) is 0 Å². The maximum atomic E-state index is 11.8. The topological polar surface area (TPSA) is 34.9 Å². The van der Waals surface area contributed by atoms with Crippen molar-refractivity contribution in [3.8, 4) is 0 Å². The highest BCUT2D eigenvalue weighted by Gasteiger charge is 2.12. The lowest BCUT2D eigenvalue weighted by atomic mass is 10.1. The van der Waals surface area contributed by atoms with Crippen LogP contribution in [-0.4, -0.2) is 9.55 Å². The lowest BCUT2D eigenvalue weighted by molar-refractivity contribution is 0.610. The second-order valence-corrected chi connectivity index (χ2v) is 5.56. The van der Waals surface area contributed by atoms with Crippen molar-refractivity contribution in [2.45, 2.75) is 39.7 Å². The van der Waals surface area contributed by atoms with Crippen molar-refractivity contribution in [1.29, 1.82) is 0 Å². The molecule has 2 heterocycles. The fraction of sp³-hybridized carbons (Fsp3) is 0.500. The number of fused-ring (bicyclic) bond motifs is 1. The molecule has 0 aliphatic carbocycles. The zero-order valence-electron chi connectivity index (χ0n) is 10.0. The zero-order chi connectivity index (χ0) is 11.9. The molecule has 4 heteroatoms. The van der Waals surface area contributed by atoms with Crippen LogP contribution in [0.1, 0.15) is 45.3 Å². The van der Waals surface area contributed by atoms with E-state index in [-0.39, 0.29) is 10.9 Å². The van der Waals surface area contributed by atoms with Gasteiger partial charge in [0.25, 0.3) is 0 Å². The van der Waals surface area contributed by atoms with Crippen LogP contribution in [0.5, 0.6) is 0 Å². The molecule has 0 amide bonds. The molecule has 3 nitrogen and oxygen atoms in total. The van der Waals surface area contributed by atoms with Crippen LogP contribution in [0.25, 0.3) is 10.2 Å². The van der Waals surface area contributed by atoms with Crippen LogP contribution in [-0.2, 0) is 0 Å². The second kappa shape index (κ2) is 4.01. The van der Waals surface area contributed by atoms with Crippen molar-refractivity contribution in [2.75, 3.05) is 0 Å². The van der Waals surface area contributed by atoms with Gasteiger partial charge in [-0.1, -0.05) is 25.2 Å². The van der Waals surface area contributed by atoms with Gasteiger partial charge in [-0.15, -0.1) is 0 Å². The summed E-state index contributed by atoms with van der Waals surface area (Å²) in [6, 6.07) is 2.24. The molecule has 0 saturated carbocycles. The number of hydrogen-bond acceptors (Lipinski definition) is 3. The summed E-state index contributed by atoms with van der Waals surface area (Å²) in [7, 11) is 0. The third-order valence-electron chi connectivity index (χ3n) is 2.63. The maximum Gasteiger partial charge on any atom is 0.308 e. The average Bonchev–Trinajstić information content (AvgIpc) is 2.51. The Hall–Kier alpha value is -1.16. The Labute approximate surface area is 98.8 Å². The molecule has 16 heavy (non-hydrogen) atoms. The highest BCUT2D eigenvalue weighted by molar-refractivity contribution is 7.16. The lowest BCUT2D eigenvalue weighted by Gasteiger charge is -2.09. The Morgan fingerprint density at radius 3 is 2.56 bits per heavy atom. The molecular weight excluding hydrogens is 220 g/mol. The third-order valence-corrected chi connectivity index (χ3v) is 3.54. The van der Waals surface area contributed by atoms with Gasteiger partial charge in [0.15, 0.2) is 0 Å². The summed E-state index contributed by atoms with van der Waals surface area (Å²) in [5.74, 6) is 0.389. The van der Waals surface area contributed by atoms with E-state index in [0.717, 1.165) is 15.9 Å². The van der Waals surface area contributed by atoms with Crippen molar-refractivity contribution in [3.63, 3.8) is 0 Å². The fourth-order valence-electron chi connectivity index (χ4n) is 1.76. The van der Waals surface area contributed by atoms with Crippen molar-refractivity contribution in [1.82, 2.24) is 9.55 Å². The molecule has 0 fully saturated rings.